The molecule has 0 spiro atoms. The topological polar surface area (TPSA) is 64.3 Å². The number of rotatable bonds is 6. The van der Waals surface area contributed by atoms with Crippen LogP contribution in [-0.4, -0.2) is 31.9 Å². The highest BCUT2D eigenvalue weighted by Crippen LogP contribution is 2.39. The van der Waals surface area contributed by atoms with E-state index in [1.54, 1.807) is 12.1 Å². The first kappa shape index (κ1) is 25.4. The molecular weight excluding hydrogens is 505 g/mol. The van der Waals surface area contributed by atoms with Crippen molar-refractivity contribution in [3.8, 4) is 17.3 Å². The van der Waals surface area contributed by atoms with E-state index in [0.717, 1.165) is 45.3 Å². The standard InChI is InChI=1S/C32H30FN5O2/c1-3-40-27-12-7-9-24(19-27)30-29-13-8-18-36(29)31-28(22(2)35-38(31)26-10-5-4-6-11-26)21-37(30)32(39)34-20-23-14-16-25(33)17-15-23/h4-19,30H,3,20-21H2,1-2H3,(H,34,39)/t30-/m1/s1. The van der Waals surface area contributed by atoms with Crippen LogP contribution >= 0.6 is 0 Å². The second kappa shape index (κ2) is 10.7. The van der Waals surface area contributed by atoms with Crippen molar-refractivity contribution < 1.29 is 13.9 Å². The van der Waals surface area contributed by atoms with Crippen LogP contribution in [0.25, 0.3) is 11.5 Å². The smallest absolute Gasteiger partial charge is 0.318 e. The third-order valence-corrected chi connectivity index (χ3v) is 7.19. The van der Waals surface area contributed by atoms with Gasteiger partial charge in [0.1, 0.15) is 17.4 Å². The average molecular weight is 536 g/mol. The number of urea groups is 1. The summed E-state index contributed by atoms with van der Waals surface area (Å²) < 4.78 is 23.3. The van der Waals surface area contributed by atoms with Crippen molar-refractivity contribution in [1.29, 1.82) is 0 Å². The number of aryl methyl sites for hydroxylation is 1. The van der Waals surface area contributed by atoms with Gasteiger partial charge in [0.25, 0.3) is 0 Å². The summed E-state index contributed by atoms with van der Waals surface area (Å²) in [6.45, 7) is 5.09. The van der Waals surface area contributed by atoms with Crippen molar-refractivity contribution in [2.24, 2.45) is 0 Å². The van der Waals surface area contributed by atoms with Crippen LogP contribution in [0.3, 0.4) is 0 Å². The van der Waals surface area contributed by atoms with Gasteiger partial charge in [-0.2, -0.15) is 5.10 Å². The number of carbonyl (C=O) groups is 1. The van der Waals surface area contributed by atoms with Crippen LogP contribution < -0.4 is 10.1 Å². The SMILES string of the molecule is CCOc1cccc([C@@H]2c3cccn3-c3c(c(C)nn3-c3ccccc3)CN2C(=O)NCc2ccc(F)cc2)c1. The highest BCUT2D eigenvalue weighted by molar-refractivity contribution is 5.76. The molecule has 6 rings (SSSR count). The summed E-state index contributed by atoms with van der Waals surface area (Å²) >= 11 is 0. The van der Waals surface area contributed by atoms with Crippen molar-refractivity contribution >= 4 is 6.03 Å². The van der Waals surface area contributed by atoms with Crippen LogP contribution in [0, 0.1) is 12.7 Å². The highest BCUT2D eigenvalue weighted by Gasteiger charge is 2.36. The Morgan fingerprint density at radius 3 is 2.60 bits per heavy atom. The largest absolute Gasteiger partial charge is 0.494 e. The third-order valence-electron chi connectivity index (χ3n) is 7.19. The number of amides is 2. The van der Waals surface area contributed by atoms with E-state index < -0.39 is 6.04 Å². The number of para-hydroxylation sites is 1. The Kier molecular flexibility index (Phi) is 6.82. The van der Waals surface area contributed by atoms with Crippen LogP contribution in [0.1, 0.15) is 41.0 Å². The van der Waals surface area contributed by atoms with E-state index in [0.29, 0.717) is 13.2 Å². The summed E-state index contributed by atoms with van der Waals surface area (Å²) in [5.41, 5.74) is 5.43. The Labute approximate surface area is 232 Å². The molecule has 202 valence electrons. The molecule has 0 saturated carbocycles. The fourth-order valence-electron chi connectivity index (χ4n) is 5.32. The van der Waals surface area contributed by atoms with Gasteiger partial charge in [-0.3, -0.25) is 0 Å². The maximum Gasteiger partial charge on any atom is 0.318 e. The Hall–Kier alpha value is -4.85. The molecule has 0 radical (unpaired) electrons. The van der Waals surface area contributed by atoms with Crippen molar-refractivity contribution in [2.75, 3.05) is 6.61 Å². The molecule has 2 aromatic heterocycles. The minimum atomic E-state index is -0.403. The summed E-state index contributed by atoms with van der Waals surface area (Å²) in [5.74, 6) is 1.35. The molecule has 0 unspecified atom stereocenters. The van der Waals surface area contributed by atoms with E-state index in [-0.39, 0.29) is 18.4 Å². The maximum atomic E-state index is 14.0. The molecule has 8 heteroatoms. The van der Waals surface area contributed by atoms with Crippen LogP contribution in [0.5, 0.6) is 5.75 Å². The fraction of sp³-hybridized carbons (Fsp3) is 0.188. The van der Waals surface area contributed by atoms with E-state index >= 15 is 0 Å². The monoisotopic (exact) mass is 535 g/mol. The molecule has 1 N–H and O–H groups in total. The lowest BCUT2D eigenvalue weighted by Gasteiger charge is -2.31. The number of carbonyl (C=O) groups excluding carboxylic acids is 1. The number of benzene rings is 3. The van der Waals surface area contributed by atoms with Gasteiger partial charge in [-0.15, -0.1) is 0 Å². The zero-order chi connectivity index (χ0) is 27.6. The third kappa shape index (κ3) is 4.73. The second-order valence-electron chi connectivity index (χ2n) is 9.76. The molecule has 1 atom stereocenters. The van der Waals surface area contributed by atoms with Gasteiger partial charge in [-0.1, -0.05) is 42.5 Å². The Morgan fingerprint density at radius 1 is 1.02 bits per heavy atom. The van der Waals surface area contributed by atoms with Gasteiger partial charge in [-0.05, 0) is 73.5 Å². The molecule has 3 heterocycles. The molecule has 1 aliphatic heterocycles. The van der Waals surface area contributed by atoms with Crippen molar-refractivity contribution in [3.63, 3.8) is 0 Å². The number of fused-ring (bicyclic) bond motifs is 3. The van der Waals surface area contributed by atoms with Gasteiger partial charge in [0.2, 0.25) is 0 Å². The number of hydrogen-bond donors (Lipinski definition) is 1. The Balaban J connectivity index is 1.47. The van der Waals surface area contributed by atoms with E-state index in [4.69, 9.17) is 9.84 Å². The number of halogens is 1. The minimum Gasteiger partial charge on any atom is -0.494 e. The zero-order valence-corrected chi connectivity index (χ0v) is 22.4. The summed E-state index contributed by atoms with van der Waals surface area (Å²) in [7, 11) is 0. The van der Waals surface area contributed by atoms with Crippen molar-refractivity contribution in [2.45, 2.75) is 33.0 Å². The van der Waals surface area contributed by atoms with Crippen LogP contribution in [0.15, 0.2) is 97.2 Å². The van der Waals surface area contributed by atoms with Gasteiger partial charge in [-0.25, -0.2) is 13.9 Å². The van der Waals surface area contributed by atoms with E-state index in [1.165, 1.54) is 12.1 Å². The predicted octanol–water partition coefficient (Wildman–Crippen LogP) is 6.32. The minimum absolute atomic E-state index is 0.233. The molecule has 3 aromatic carbocycles. The first-order chi connectivity index (χ1) is 19.5. The second-order valence-corrected chi connectivity index (χ2v) is 9.76. The summed E-state index contributed by atoms with van der Waals surface area (Å²) in [5, 5.41) is 7.96. The molecule has 1 aliphatic rings. The van der Waals surface area contributed by atoms with Gasteiger partial charge in [0, 0.05) is 18.3 Å². The van der Waals surface area contributed by atoms with E-state index in [9.17, 15) is 9.18 Å². The van der Waals surface area contributed by atoms with Crippen LogP contribution in [0.2, 0.25) is 0 Å². The Morgan fingerprint density at radius 2 is 1.82 bits per heavy atom. The average Bonchev–Trinajstić information content (AvgIpc) is 3.53. The first-order valence-electron chi connectivity index (χ1n) is 13.4. The van der Waals surface area contributed by atoms with Crippen LogP contribution in [0.4, 0.5) is 9.18 Å². The normalized spacial score (nSPS) is 14.3. The summed E-state index contributed by atoms with van der Waals surface area (Å²) in [6, 6.07) is 27.5. The highest BCUT2D eigenvalue weighted by atomic mass is 19.1. The summed E-state index contributed by atoms with van der Waals surface area (Å²) in [6.07, 6.45) is 2.02. The molecule has 0 saturated heterocycles. The molecule has 0 bridgehead atoms. The summed E-state index contributed by atoms with van der Waals surface area (Å²) in [4.78, 5) is 15.8. The van der Waals surface area contributed by atoms with Gasteiger partial charge >= 0.3 is 6.03 Å². The lowest BCUT2D eigenvalue weighted by Crippen LogP contribution is -2.41. The fourth-order valence-corrected chi connectivity index (χ4v) is 5.32. The maximum absolute atomic E-state index is 14.0. The molecular formula is C32H30FN5O2. The Bertz CT molecular complexity index is 1640. The van der Waals surface area contributed by atoms with Gasteiger partial charge in [0.15, 0.2) is 0 Å². The molecule has 2 amide bonds. The lowest BCUT2D eigenvalue weighted by molar-refractivity contribution is 0.180. The molecule has 0 aliphatic carbocycles. The quantitative estimate of drug-likeness (QED) is 0.277. The number of nitrogens with one attached hydrogen (secondary N) is 1. The number of aromatic nitrogens is 3. The molecule has 40 heavy (non-hydrogen) atoms. The number of hydrogen-bond acceptors (Lipinski definition) is 3. The zero-order valence-electron chi connectivity index (χ0n) is 22.4. The molecule has 0 fully saturated rings. The lowest BCUT2D eigenvalue weighted by atomic mass is 10.0. The number of ether oxygens (including phenoxy) is 1. The molecule has 7 nitrogen and oxygen atoms in total. The predicted molar refractivity (Wildman–Crippen MR) is 151 cm³/mol. The van der Waals surface area contributed by atoms with Gasteiger partial charge < -0.3 is 19.5 Å². The first-order valence-corrected chi connectivity index (χ1v) is 13.4. The van der Waals surface area contributed by atoms with Gasteiger partial charge in [0.05, 0.1) is 36.3 Å². The van der Waals surface area contributed by atoms with Crippen LogP contribution in [-0.2, 0) is 13.1 Å². The van der Waals surface area contributed by atoms with Crippen molar-refractivity contribution in [1.82, 2.24) is 24.6 Å². The van der Waals surface area contributed by atoms with E-state index in [2.05, 4.69) is 9.88 Å². The number of nitrogens with zero attached hydrogens (tertiary/aromatic N) is 4. The van der Waals surface area contributed by atoms with Crippen molar-refractivity contribution in [3.05, 3.63) is 131 Å². The van der Waals surface area contributed by atoms with E-state index in [1.807, 2.05) is 96.4 Å². The molecule has 5 aromatic rings.